The molecule has 180 valence electrons. The van der Waals surface area contributed by atoms with Gasteiger partial charge in [0.1, 0.15) is 23.2 Å². The monoisotopic (exact) mass is 468 g/mol. The number of anilines is 1. The van der Waals surface area contributed by atoms with Gasteiger partial charge in [-0.1, -0.05) is 31.7 Å². The Labute approximate surface area is 198 Å². The number of aliphatic hydroxyl groups is 1. The SMILES string of the molecule is C.COC(=O)[C@@H](CO)NCc1ccc(C2=C/C(=C3\C(=O)Nc4ccc(F)cc43)OC2(C)C)cc1. The number of allylic oxidation sites excluding steroid dienone is 1. The summed E-state index contributed by atoms with van der Waals surface area (Å²) in [6.07, 6.45) is 1.82. The zero-order valence-corrected chi connectivity index (χ0v) is 18.6. The third kappa shape index (κ3) is 4.73. The lowest BCUT2D eigenvalue weighted by Gasteiger charge is -2.23. The second-order valence-corrected chi connectivity index (χ2v) is 8.39. The van der Waals surface area contributed by atoms with Crippen molar-refractivity contribution in [2.75, 3.05) is 19.0 Å². The number of fused-ring (bicyclic) bond motifs is 1. The topological polar surface area (TPSA) is 96.9 Å². The number of benzene rings is 2. The Morgan fingerprint density at radius 2 is 1.94 bits per heavy atom. The van der Waals surface area contributed by atoms with Crippen molar-refractivity contribution in [2.45, 2.75) is 39.5 Å². The lowest BCUT2D eigenvalue weighted by molar-refractivity contribution is -0.144. The Bertz CT molecular complexity index is 1170. The van der Waals surface area contributed by atoms with E-state index in [-0.39, 0.29) is 19.9 Å². The van der Waals surface area contributed by atoms with Crippen molar-refractivity contribution in [3.63, 3.8) is 0 Å². The second kappa shape index (κ2) is 9.79. The molecule has 0 spiro atoms. The highest BCUT2D eigenvalue weighted by atomic mass is 19.1. The van der Waals surface area contributed by atoms with Crippen LogP contribution in [0.5, 0.6) is 0 Å². The van der Waals surface area contributed by atoms with Crippen molar-refractivity contribution in [1.82, 2.24) is 5.32 Å². The fourth-order valence-corrected chi connectivity index (χ4v) is 4.01. The van der Waals surface area contributed by atoms with Crippen LogP contribution < -0.4 is 10.6 Å². The molecule has 3 N–H and O–H groups in total. The van der Waals surface area contributed by atoms with Crippen LogP contribution in [0.25, 0.3) is 11.1 Å². The van der Waals surface area contributed by atoms with Gasteiger partial charge in [-0.3, -0.25) is 14.9 Å². The van der Waals surface area contributed by atoms with Crippen LogP contribution in [-0.4, -0.2) is 42.3 Å². The average molecular weight is 469 g/mol. The largest absolute Gasteiger partial charge is 0.482 e. The zero-order valence-electron chi connectivity index (χ0n) is 18.6. The van der Waals surface area contributed by atoms with Gasteiger partial charge in [-0.05, 0) is 49.2 Å². The average Bonchev–Trinajstić information content (AvgIpc) is 3.28. The van der Waals surface area contributed by atoms with Gasteiger partial charge in [0, 0.05) is 23.4 Å². The van der Waals surface area contributed by atoms with E-state index in [1.165, 1.54) is 25.3 Å². The summed E-state index contributed by atoms with van der Waals surface area (Å²) in [5.41, 5.74) is 3.34. The van der Waals surface area contributed by atoms with Gasteiger partial charge in [-0.2, -0.15) is 0 Å². The van der Waals surface area contributed by atoms with Gasteiger partial charge < -0.3 is 19.9 Å². The van der Waals surface area contributed by atoms with Crippen molar-refractivity contribution in [1.29, 1.82) is 0 Å². The molecule has 0 radical (unpaired) electrons. The summed E-state index contributed by atoms with van der Waals surface area (Å²) >= 11 is 0. The van der Waals surface area contributed by atoms with Crippen molar-refractivity contribution < 1.29 is 28.6 Å². The highest BCUT2D eigenvalue weighted by Crippen LogP contribution is 2.44. The Morgan fingerprint density at radius 3 is 2.59 bits per heavy atom. The van der Waals surface area contributed by atoms with Crippen LogP contribution in [0.1, 0.15) is 38.0 Å². The molecule has 2 aliphatic rings. The van der Waals surface area contributed by atoms with Crippen LogP contribution in [0, 0.1) is 5.82 Å². The standard InChI is InChI=1S/C25H25FN2O5.CH4/c1-25(2)18(15-6-4-14(5-7-15)12-27-20(13-29)24(31)32-3)11-21(33-25)22-17-10-16(26)8-9-19(17)28-23(22)30;/h4-11,20,27,29H,12-13H2,1-3H3,(H,28,30);1H4/b22-21+;/t20-;/m1./s1. The number of aliphatic hydroxyl groups excluding tert-OH is 1. The first kappa shape index (κ1) is 25.1. The highest BCUT2D eigenvalue weighted by Gasteiger charge is 2.38. The van der Waals surface area contributed by atoms with Crippen molar-refractivity contribution >= 4 is 28.7 Å². The van der Waals surface area contributed by atoms with Gasteiger partial charge in [0.2, 0.25) is 0 Å². The van der Waals surface area contributed by atoms with Crippen LogP contribution in [0.4, 0.5) is 10.1 Å². The first-order valence-electron chi connectivity index (χ1n) is 10.5. The molecule has 0 aromatic heterocycles. The molecule has 4 rings (SSSR count). The molecule has 0 bridgehead atoms. The van der Waals surface area contributed by atoms with E-state index in [2.05, 4.69) is 15.4 Å². The first-order chi connectivity index (χ1) is 15.7. The number of hydrogen-bond acceptors (Lipinski definition) is 6. The molecule has 0 saturated heterocycles. The van der Waals surface area contributed by atoms with E-state index in [0.29, 0.717) is 29.1 Å². The Balaban J connectivity index is 0.00000324. The normalized spacial score (nSPS) is 18.9. The maximum absolute atomic E-state index is 13.8. The fourth-order valence-electron chi connectivity index (χ4n) is 4.01. The van der Waals surface area contributed by atoms with Gasteiger partial charge in [0.15, 0.2) is 0 Å². The van der Waals surface area contributed by atoms with Gasteiger partial charge in [-0.25, -0.2) is 4.39 Å². The highest BCUT2D eigenvalue weighted by molar-refractivity contribution is 6.32. The second-order valence-electron chi connectivity index (χ2n) is 8.39. The molecule has 2 heterocycles. The summed E-state index contributed by atoms with van der Waals surface area (Å²) in [6, 6.07) is 11.0. The fraction of sp³-hybridized carbons (Fsp3) is 0.308. The van der Waals surface area contributed by atoms with E-state index in [1.54, 1.807) is 0 Å². The molecule has 0 unspecified atom stereocenters. The van der Waals surface area contributed by atoms with E-state index in [9.17, 15) is 19.1 Å². The Morgan fingerprint density at radius 1 is 1.24 bits per heavy atom. The van der Waals surface area contributed by atoms with Gasteiger partial charge in [0.05, 0.1) is 19.3 Å². The van der Waals surface area contributed by atoms with Crippen LogP contribution in [0.3, 0.4) is 0 Å². The number of nitrogens with one attached hydrogen (secondary N) is 2. The Kier molecular flexibility index (Phi) is 7.24. The van der Waals surface area contributed by atoms with Gasteiger partial charge in [-0.15, -0.1) is 0 Å². The minimum atomic E-state index is -0.793. The van der Waals surface area contributed by atoms with E-state index in [0.717, 1.165) is 16.7 Å². The molecule has 7 nitrogen and oxygen atoms in total. The number of methoxy groups -OCH3 is 1. The van der Waals surface area contributed by atoms with Crippen molar-refractivity contribution in [2.24, 2.45) is 0 Å². The van der Waals surface area contributed by atoms with Crippen molar-refractivity contribution in [3.8, 4) is 0 Å². The molecule has 2 aromatic carbocycles. The third-order valence-corrected chi connectivity index (χ3v) is 5.75. The van der Waals surface area contributed by atoms with E-state index < -0.39 is 23.4 Å². The quantitative estimate of drug-likeness (QED) is 0.443. The molecule has 0 saturated carbocycles. The summed E-state index contributed by atoms with van der Waals surface area (Å²) < 4.78 is 24.6. The molecule has 2 aromatic rings. The minimum Gasteiger partial charge on any atom is -0.482 e. The number of rotatable bonds is 6. The number of ether oxygens (including phenoxy) is 2. The maximum Gasteiger partial charge on any atom is 0.325 e. The van der Waals surface area contributed by atoms with Crippen LogP contribution in [0.2, 0.25) is 0 Å². The van der Waals surface area contributed by atoms with Gasteiger partial charge >= 0.3 is 5.97 Å². The van der Waals surface area contributed by atoms with Crippen molar-refractivity contribution in [3.05, 3.63) is 76.8 Å². The van der Waals surface area contributed by atoms with Crippen LogP contribution in [0.15, 0.2) is 54.3 Å². The number of hydrogen-bond donors (Lipinski definition) is 3. The number of carbonyl (C=O) groups excluding carboxylic acids is 2. The lowest BCUT2D eigenvalue weighted by Crippen LogP contribution is -2.40. The van der Waals surface area contributed by atoms with E-state index in [1.807, 2.05) is 44.2 Å². The summed E-state index contributed by atoms with van der Waals surface area (Å²) in [4.78, 5) is 24.2. The van der Waals surface area contributed by atoms with Crippen LogP contribution >= 0.6 is 0 Å². The Hall–Kier alpha value is -3.49. The van der Waals surface area contributed by atoms with Crippen LogP contribution in [-0.2, 0) is 25.6 Å². The number of carbonyl (C=O) groups is 2. The summed E-state index contributed by atoms with van der Waals surface area (Å²) in [5, 5.41) is 15.0. The molecule has 34 heavy (non-hydrogen) atoms. The zero-order chi connectivity index (χ0) is 23.8. The predicted molar refractivity (Wildman–Crippen MR) is 128 cm³/mol. The first-order valence-corrected chi connectivity index (χ1v) is 10.5. The smallest absolute Gasteiger partial charge is 0.325 e. The van der Waals surface area contributed by atoms with E-state index in [4.69, 9.17) is 4.74 Å². The molecule has 0 aliphatic carbocycles. The summed E-state index contributed by atoms with van der Waals surface area (Å²) in [6.45, 7) is 3.82. The molecule has 1 amide bonds. The minimum absolute atomic E-state index is 0. The number of halogens is 1. The van der Waals surface area contributed by atoms with E-state index >= 15 is 0 Å². The maximum atomic E-state index is 13.8. The summed E-state index contributed by atoms with van der Waals surface area (Å²) in [5.74, 6) is -0.887. The number of amides is 1. The molecule has 1 atom stereocenters. The molecule has 8 heteroatoms. The molecule has 2 aliphatic heterocycles. The third-order valence-electron chi connectivity index (χ3n) is 5.75. The predicted octanol–water partition coefficient (Wildman–Crippen LogP) is 3.64. The molecular weight excluding hydrogens is 439 g/mol. The summed E-state index contributed by atoms with van der Waals surface area (Å²) in [7, 11) is 1.27. The van der Waals surface area contributed by atoms with Gasteiger partial charge in [0.25, 0.3) is 5.91 Å². The lowest BCUT2D eigenvalue weighted by atomic mass is 9.91. The molecule has 0 fully saturated rings. The number of esters is 1. The molecular formula is C26H29FN2O5.